The van der Waals surface area contributed by atoms with Crippen LogP contribution in [-0.2, 0) is 4.79 Å². The molecule has 0 aliphatic carbocycles. The molecular formula is C14H28N2O2. The highest BCUT2D eigenvalue weighted by molar-refractivity contribution is 5.59. The summed E-state index contributed by atoms with van der Waals surface area (Å²) >= 11 is 0. The Bertz CT molecular complexity index is 265. The topological polar surface area (TPSA) is 43.8 Å². The number of aldehydes is 1. The van der Waals surface area contributed by atoms with Crippen molar-refractivity contribution in [2.45, 2.75) is 45.3 Å². The Morgan fingerprint density at radius 2 is 2.00 bits per heavy atom. The van der Waals surface area contributed by atoms with Gasteiger partial charge in [0.1, 0.15) is 6.29 Å². The molecule has 0 aromatic rings. The first kappa shape index (κ1) is 15.6. The summed E-state index contributed by atoms with van der Waals surface area (Å²) in [6.07, 6.45) is 3.43. The van der Waals surface area contributed by atoms with Crippen LogP contribution in [0.25, 0.3) is 0 Å². The van der Waals surface area contributed by atoms with Gasteiger partial charge >= 0.3 is 0 Å². The third-order valence-electron chi connectivity index (χ3n) is 4.26. The molecule has 0 bridgehead atoms. The fourth-order valence-electron chi connectivity index (χ4n) is 2.84. The van der Waals surface area contributed by atoms with E-state index < -0.39 is 0 Å². The Labute approximate surface area is 111 Å². The van der Waals surface area contributed by atoms with E-state index in [1.807, 2.05) is 0 Å². The molecular weight excluding hydrogens is 228 g/mol. The van der Waals surface area contributed by atoms with E-state index >= 15 is 0 Å². The van der Waals surface area contributed by atoms with Gasteiger partial charge < -0.3 is 14.8 Å². The monoisotopic (exact) mass is 256 g/mol. The summed E-state index contributed by atoms with van der Waals surface area (Å²) in [5.74, 6) is 0. The van der Waals surface area contributed by atoms with Crippen molar-refractivity contribution in [1.29, 1.82) is 0 Å². The van der Waals surface area contributed by atoms with Crippen LogP contribution in [0.1, 0.15) is 33.1 Å². The lowest BCUT2D eigenvalue weighted by Crippen LogP contribution is -2.44. The molecule has 0 amide bonds. The lowest BCUT2D eigenvalue weighted by molar-refractivity contribution is -0.118. The number of β-amino-alcohol motifs (C(OH)–C–C–N with tert-alkyl or cyclic N) is 1. The highest BCUT2D eigenvalue weighted by Crippen LogP contribution is 2.29. The molecule has 0 spiro atoms. The molecule has 4 heteroatoms. The van der Waals surface area contributed by atoms with Gasteiger partial charge in [-0.15, -0.1) is 0 Å². The second-order valence-corrected chi connectivity index (χ2v) is 5.92. The Morgan fingerprint density at radius 1 is 1.39 bits per heavy atom. The standard InChI is InChI=1S/C14H28N2O2/c1-5-14(6-2,11-17)10-16-9-13(18)7-12(16)8-15(3)4/h11-13,18H,5-10H2,1-4H3. The van der Waals surface area contributed by atoms with Crippen molar-refractivity contribution in [1.82, 2.24) is 9.80 Å². The number of hydrogen-bond donors (Lipinski definition) is 1. The second kappa shape index (κ2) is 6.64. The van der Waals surface area contributed by atoms with Crippen LogP contribution in [0.3, 0.4) is 0 Å². The van der Waals surface area contributed by atoms with E-state index in [0.717, 1.165) is 38.6 Å². The highest BCUT2D eigenvalue weighted by atomic mass is 16.3. The Balaban J connectivity index is 2.70. The molecule has 0 radical (unpaired) electrons. The van der Waals surface area contributed by atoms with E-state index in [1.54, 1.807) is 0 Å². The fourth-order valence-corrected chi connectivity index (χ4v) is 2.84. The minimum atomic E-state index is -0.243. The van der Waals surface area contributed by atoms with Crippen LogP contribution in [0.5, 0.6) is 0 Å². The minimum Gasteiger partial charge on any atom is -0.392 e. The summed E-state index contributed by atoms with van der Waals surface area (Å²) in [4.78, 5) is 15.8. The Kier molecular flexibility index (Phi) is 5.76. The summed E-state index contributed by atoms with van der Waals surface area (Å²) in [6, 6.07) is 0.368. The number of likely N-dealkylation sites (N-methyl/N-ethyl adjacent to an activating group) is 1. The molecule has 1 aliphatic heterocycles. The molecule has 1 rings (SSSR count). The van der Waals surface area contributed by atoms with Crippen LogP contribution < -0.4 is 0 Å². The minimum absolute atomic E-state index is 0.241. The van der Waals surface area contributed by atoms with Gasteiger partial charge in [0.15, 0.2) is 0 Å². The first-order valence-corrected chi connectivity index (χ1v) is 6.99. The van der Waals surface area contributed by atoms with Gasteiger partial charge in [0.2, 0.25) is 0 Å². The van der Waals surface area contributed by atoms with Gasteiger partial charge in [0.05, 0.1) is 6.10 Å². The molecule has 2 atom stereocenters. The lowest BCUT2D eigenvalue weighted by Gasteiger charge is -2.34. The number of rotatable bonds is 7. The number of aliphatic hydroxyl groups is 1. The van der Waals surface area contributed by atoms with Gasteiger partial charge in [0.25, 0.3) is 0 Å². The van der Waals surface area contributed by atoms with Crippen molar-refractivity contribution in [3.63, 3.8) is 0 Å². The average molecular weight is 256 g/mol. The SMILES string of the molecule is CCC(C=O)(CC)CN1CC(O)CC1CN(C)C. The van der Waals surface area contributed by atoms with Gasteiger partial charge in [-0.2, -0.15) is 0 Å². The maximum absolute atomic E-state index is 11.4. The lowest BCUT2D eigenvalue weighted by atomic mass is 9.83. The first-order valence-electron chi connectivity index (χ1n) is 6.99. The molecule has 0 saturated carbocycles. The predicted octanol–water partition coefficient (Wildman–Crippen LogP) is 0.989. The van der Waals surface area contributed by atoms with Gasteiger partial charge in [0, 0.05) is 31.1 Å². The molecule has 4 nitrogen and oxygen atoms in total. The zero-order valence-electron chi connectivity index (χ0n) is 12.2. The molecule has 18 heavy (non-hydrogen) atoms. The van der Waals surface area contributed by atoms with E-state index in [2.05, 4.69) is 37.7 Å². The normalized spacial score (nSPS) is 25.9. The van der Waals surface area contributed by atoms with E-state index in [1.165, 1.54) is 0 Å². The van der Waals surface area contributed by atoms with Crippen molar-refractivity contribution >= 4 is 6.29 Å². The average Bonchev–Trinajstić information content (AvgIpc) is 2.65. The van der Waals surface area contributed by atoms with Crippen molar-refractivity contribution in [2.24, 2.45) is 5.41 Å². The molecule has 106 valence electrons. The van der Waals surface area contributed by atoms with E-state index in [-0.39, 0.29) is 11.5 Å². The van der Waals surface area contributed by atoms with Crippen molar-refractivity contribution in [3.05, 3.63) is 0 Å². The van der Waals surface area contributed by atoms with E-state index in [0.29, 0.717) is 12.6 Å². The molecule has 1 N–H and O–H groups in total. The van der Waals surface area contributed by atoms with Crippen LogP contribution in [0.4, 0.5) is 0 Å². The van der Waals surface area contributed by atoms with Gasteiger partial charge in [-0.25, -0.2) is 0 Å². The second-order valence-electron chi connectivity index (χ2n) is 5.92. The summed E-state index contributed by atoms with van der Waals surface area (Å²) in [7, 11) is 4.10. The smallest absolute Gasteiger partial charge is 0.127 e. The third-order valence-corrected chi connectivity index (χ3v) is 4.26. The number of carbonyl (C=O) groups is 1. The van der Waals surface area contributed by atoms with Crippen LogP contribution in [-0.4, -0.2) is 67.1 Å². The first-order chi connectivity index (χ1) is 8.46. The molecule has 1 heterocycles. The summed E-state index contributed by atoms with van der Waals surface area (Å²) in [6.45, 7) is 6.57. The third kappa shape index (κ3) is 3.77. The highest BCUT2D eigenvalue weighted by Gasteiger charge is 2.37. The van der Waals surface area contributed by atoms with Crippen LogP contribution in [0, 0.1) is 5.41 Å². The largest absolute Gasteiger partial charge is 0.392 e. The number of likely N-dealkylation sites (tertiary alicyclic amines) is 1. The predicted molar refractivity (Wildman–Crippen MR) is 73.6 cm³/mol. The van der Waals surface area contributed by atoms with E-state index in [4.69, 9.17) is 0 Å². The van der Waals surface area contributed by atoms with Gasteiger partial charge in [-0.3, -0.25) is 4.90 Å². The maximum Gasteiger partial charge on any atom is 0.127 e. The molecule has 1 aliphatic rings. The van der Waals surface area contributed by atoms with Crippen molar-refractivity contribution in [2.75, 3.05) is 33.7 Å². The van der Waals surface area contributed by atoms with Crippen molar-refractivity contribution in [3.8, 4) is 0 Å². The number of aliphatic hydroxyl groups excluding tert-OH is 1. The van der Waals surface area contributed by atoms with Gasteiger partial charge in [-0.05, 0) is 33.4 Å². The van der Waals surface area contributed by atoms with Crippen LogP contribution in [0.15, 0.2) is 0 Å². The Morgan fingerprint density at radius 3 is 2.44 bits per heavy atom. The quantitative estimate of drug-likeness (QED) is 0.690. The molecule has 0 aromatic carbocycles. The molecule has 1 fully saturated rings. The maximum atomic E-state index is 11.4. The summed E-state index contributed by atoms with van der Waals surface area (Å²) in [5.41, 5.74) is -0.241. The van der Waals surface area contributed by atoms with Crippen LogP contribution >= 0.6 is 0 Å². The Hall–Kier alpha value is -0.450. The zero-order valence-corrected chi connectivity index (χ0v) is 12.2. The molecule has 2 unspecified atom stereocenters. The van der Waals surface area contributed by atoms with E-state index in [9.17, 15) is 9.90 Å². The van der Waals surface area contributed by atoms with Gasteiger partial charge in [-0.1, -0.05) is 13.8 Å². The summed E-state index contributed by atoms with van der Waals surface area (Å²) < 4.78 is 0. The summed E-state index contributed by atoms with van der Waals surface area (Å²) in [5, 5.41) is 9.85. The molecule has 0 aromatic heterocycles. The fraction of sp³-hybridized carbons (Fsp3) is 0.929. The number of nitrogens with zero attached hydrogens (tertiary/aromatic N) is 2. The zero-order chi connectivity index (χ0) is 13.8. The molecule has 1 saturated heterocycles. The number of hydrogen-bond acceptors (Lipinski definition) is 4. The number of carbonyl (C=O) groups excluding carboxylic acids is 1. The van der Waals surface area contributed by atoms with Crippen molar-refractivity contribution < 1.29 is 9.90 Å². The van der Waals surface area contributed by atoms with Crippen LogP contribution in [0.2, 0.25) is 0 Å².